The molecule has 0 bridgehead atoms. The molecule has 2 heterocycles. The van der Waals surface area contributed by atoms with Crippen molar-refractivity contribution < 1.29 is 0 Å². The van der Waals surface area contributed by atoms with Gasteiger partial charge in [-0.05, 0) is 50.0 Å². The van der Waals surface area contributed by atoms with Gasteiger partial charge in [-0.3, -0.25) is 9.98 Å². The molecule has 2 aromatic carbocycles. The first-order chi connectivity index (χ1) is 15.4. The van der Waals surface area contributed by atoms with Gasteiger partial charge in [-0.1, -0.05) is 42.5 Å². The average Bonchev–Trinajstić information content (AvgIpc) is 3.16. The van der Waals surface area contributed by atoms with Crippen molar-refractivity contribution in [2.24, 2.45) is 11.5 Å². The van der Waals surface area contributed by atoms with Crippen LogP contribution in [0.5, 0.6) is 0 Å². The SMILES string of the molecule is CC(N)=CC(=N)c1ncc2nc(-c3ccccc3)n(-c3ccc(C4(N)CCC4)cc3)c2n1. The van der Waals surface area contributed by atoms with E-state index in [2.05, 4.69) is 34.2 Å². The van der Waals surface area contributed by atoms with E-state index in [-0.39, 0.29) is 11.3 Å². The normalized spacial score (nSPS) is 15.5. The van der Waals surface area contributed by atoms with Crippen LogP contribution in [0.3, 0.4) is 0 Å². The van der Waals surface area contributed by atoms with Crippen LogP contribution >= 0.6 is 0 Å². The Labute approximate surface area is 186 Å². The third kappa shape index (κ3) is 3.46. The molecule has 0 spiro atoms. The summed E-state index contributed by atoms with van der Waals surface area (Å²) in [6.07, 6.45) is 6.41. The second-order valence-corrected chi connectivity index (χ2v) is 8.40. The van der Waals surface area contributed by atoms with Crippen molar-refractivity contribution in [3.8, 4) is 17.1 Å². The molecule has 5 rings (SSSR count). The van der Waals surface area contributed by atoms with Crippen molar-refractivity contribution in [3.63, 3.8) is 0 Å². The second kappa shape index (κ2) is 7.69. The fourth-order valence-electron chi connectivity index (χ4n) is 4.11. The summed E-state index contributed by atoms with van der Waals surface area (Å²) in [6, 6.07) is 18.3. The van der Waals surface area contributed by atoms with E-state index in [9.17, 15) is 0 Å². The van der Waals surface area contributed by atoms with Crippen molar-refractivity contribution in [1.82, 2.24) is 19.5 Å². The second-order valence-electron chi connectivity index (χ2n) is 8.40. The number of hydrogen-bond donors (Lipinski definition) is 3. The largest absolute Gasteiger partial charge is 0.402 e. The van der Waals surface area contributed by atoms with Gasteiger partial charge in [0.1, 0.15) is 17.1 Å². The van der Waals surface area contributed by atoms with Crippen LogP contribution in [0.1, 0.15) is 37.6 Å². The van der Waals surface area contributed by atoms with Gasteiger partial charge in [0.05, 0.1) is 6.20 Å². The Morgan fingerprint density at radius 1 is 1.06 bits per heavy atom. The molecule has 5 N–H and O–H groups in total. The summed E-state index contributed by atoms with van der Waals surface area (Å²) in [4.78, 5) is 13.8. The summed E-state index contributed by atoms with van der Waals surface area (Å²) >= 11 is 0. The molecule has 0 atom stereocenters. The number of imidazole rings is 1. The van der Waals surface area contributed by atoms with Crippen LogP contribution in [0.4, 0.5) is 0 Å². The fraction of sp³-hybridized carbons (Fsp3) is 0.200. The minimum atomic E-state index is -0.214. The first kappa shape index (κ1) is 20.1. The van der Waals surface area contributed by atoms with Gasteiger partial charge in [-0.25, -0.2) is 15.0 Å². The highest BCUT2D eigenvalue weighted by Crippen LogP contribution is 2.39. The lowest BCUT2D eigenvalue weighted by molar-refractivity contribution is 0.253. The molecule has 1 aliphatic carbocycles. The van der Waals surface area contributed by atoms with Crippen molar-refractivity contribution in [2.45, 2.75) is 31.7 Å². The van der Waals surface area contributed by atoms with E-state index in [1.165, 1.54) is 6.42 Å². The highest BCUT2D eigenvalue weighted by Gasteiger charge is 2.34. The van der Waals surface area contributed by atoms with Crippen LogP contribution in [-0.4, -0.2) is 25.2 Å². The molecule has 0 radical (unpaired) electrons. The lowest BCUT2D eigenvalue weighted by Crippen LogP contribution is -2.43. The summed E-state index contributed by atoms with van der Waals surface area (Å²) in [5, 5.41) is 8.28. The number of rotatable bonds is 5. The predicted molar refractivity (Wildman–Crippen MR) is 127 cm³/mol. The first-order valence-electron chi connectivity index (χ1n) is 10.7. The number of nitrogens with one attached hydrogen (secondary N) is 1. The van der Waals surface area contributed by atoms with Crippen LogP contribution in [0.25, 0.3) is 28.2 Å². The molecule has 0 amide bonds. The van der Waals surface area contributed by atoms with E-state index < -0.39 is 0 Å². The summed E-state index contributed by atoms with van der Waals surface area (Å²) in [5.74, 6) is 1.07. The van der Waals surface area contributed by atoms with E-state index >= 15 is 0 Å². The Hall–Kier alpha value is -3.84. The maximum absolute atomic E-state index is 8.28. The third-order valence-electron chi connectivity index (χ3n) is 5.99. The number of benzene rings is 2. The van der Waals surface area contributed by atoms with Crippen LogP contribution in [0.2, 0.25) is 0 Å². The van der Waals surface area contributed by atoms with Crippen molar-refractivity contribution in [2.75, 3.05) is 0 Å². The minimum absolute atomic E-state index is 0.159. The predicted octanol–water partition coefficient (Wildman–Crippen LogP) is 4.05. The van der Waals surface area contributed by atoms with E-state index in [4.69, 9.17) is 21.9 Å². The van der Waals surface area contributed by atoms with Gasteiger partial charge in [-0.15, -0.1) is 0 Å². The molecular weight excluding hydrogens is 398 g/mol. The molecule has 1 fully saturated rings. The van der Waals surface area contributed by atoms with Crippen LogP contribution in [0, 0.1) is 5.41 Å². The fourth-order valence-corrected chi connectivity index (χ4v) is 4.11. The molecule has 1 saturated carbocycles. The zero-order valence-electron chi connectivity index (χ0n) is 17.9. The molecule has 160 valence electrons. The number of nitrogens with zero attached hydrogens (tertiary/aromatic N) is 4. The topological polar surface area (TPSA) is 119 Å². The van der Waals surface area contributed by atoms with E-state index in [1.54, 1.807) is 19.2 Å². The van der Waals surface area contributed by atoms with Crippen molar-refractivity contribution in [1.29, 1.82) is 5.41 Å². The van der Waals surface area contributed by atoms with Crippen LogP contribution < -0.4 is 11.5 Å². The molecule has 2 aromatic heterocycles. The van der Waals surface area contributed by atoms with E-state index in [0.29, 0.717) is 22.7 Å². The van der Waals surface area contributed by atoms with Gasteiger partial charge in [-0.2, -0.15) is 0 Å². The number of fused-ring (bicyclic) bond motifs is 1. The smallest absolute Gasteiger partial charge is 0.179 e. The van der Waals surface area contributed by atoms with Gasteiger partial charge in [0.15, 0.2) is 11.5 Å². The molecular formula is C25H25N7. The number of aromatic nitrogens is 4. The Bertz CT molecular complexity index is 1330. The molecule has 4 aromatic rings. The molecule has 0 unspecified atom stereocenters. The Morgan fingerprint density at radius 3 is 2.41 bits per heavy atom. The van der Waals surface area contributed by atoms with E-state index in [0.717, 1.165) is 35.5 Å². The monoisotopic (exact) mass is 423 g/mol. The zero-order chi connectivity index (χ0) is 22.3. The zero-order valence-corrected chi connectivity index (χ0v) is 17.9. The van der Waals surface area contributed by atoms with Gasteiger partial charge in [0, 0.05) is 22.5 Å². The lowest BCUT2D eigenvalue weighted by atomic mass is 9.73. The average molecular weight is 424 g/mol. The Kier molecular flexibility index (Phi) is 4.83. The first-order valence-corrected chi connectivity index (χ1v) is 10.7. The molecule has 0 aliphatic heterocycles. The highest BCUT2D eigenvalue weighted by molar-refractivity contribution is 6.04. The maximum Gasteiger partial charge on any atom is 0.179 e. The molecule has 0 saturated heterocycles. The van der Waals surface area contributed by atoms with E-state index in [1.807, 2.05) is 34.9 Å². The van der Waals surface area contributed by atoms with Gasteiger partial charge in [0.25, 0.3) is 0 Å². The number of hydrogen-bond acceptors (Lipinski definition) is 6. The van der Waals surface area contributed by atoms with Gasteiger partial charge < -0.3 is 11.5 Å². The third-order valence-corrected chi connectivity index (χ3v) is 5.99. The summed E-state index contributed by atoms with van der Waals surface area (Å²) in [7, 11) is 0. The maximum atomic E-state index is 8.28. The van der Waals surface area contributed by atoms with Crippen molar-refractivity contribution >= 4 is 16.9 Å². The lowest BCUT2D eigenvalue weighted by Gasteiger charge is -2.38. The van der Waals surface area contributed by atoms with Gasteiger partial charge >= 0.3 is 0 Å². The Morgan fingerprint density at radius 2 is 1.78 bits per heavy atom. The number of nitrogens with two attached hydrogens (primary N) is 2. The molecule has 32 heavy (non-hydrogen) atoms. The minimum Gasteiger partial charge on any atom is -0.402 e. The summed E-state index contributed by atoms with van der Waals surface area (Å²) in [5.41, 5.74) is 17.1. The quantitative estimate of drug-likeness (QED) is 0.418. The highest BCUT2D eigenvalue weighted by atomic mass is 15.2. The molecule has 1 aliphatic rings. The number of allylic oxidation sites excluding steroid dienone is 2. The van der Waals surface area contributed by atoms with Crippen molar-refractivity contribution in [3.05, 3.63) is 84.0 Å². The van der Waals surface area contributed by atoms with Crippen LogP contribution in [0.15, 0.2) is 72.6 Å². The summed E-state index contributed by atoms with van der Waals surface area (Å²) in [6.45, 7) is 1.73. The van der Waals surface area contributed by atoms with Crippen LogP contribution in [-0.2, 0) is 5.54 Å². The standard InChI is InChI=1S/C25H25N7/c1-16(26)14-20(27)22-29-15-21-24(31-22)32(23(30-21)17-6-3-2-4-7-17)19-10-8-18(9-11-19)25(28)12-5-13-25/h2-4,6-11,14-15,27H,5,12-13,26,28H2,1H3. The molecule has 7 nitrogen and oxygen atoms in total. The Balaban J connectivity index is 1.69. The molecule has 7 heteroatoms. The summed E-state index contributed by atoms with van der Waals surface area (Å²) < 4.78 is 2.01. The van der Waals surface area contributed by atoms with Gasteiger partial charge in [0.2, 0.25) is 0 Å².